The molecule has 1 amide bonds. The number of carbonyl (C=O) groups excluding carboxylic acids is 1. The van der Waals surface area contributed by atoms with E-state index in [1.165, 1.54) is 62.7 Å². The maximum absolute atomic E-state index is 13.0. The smallest absolute Gasteiger partial charge is 0.387 e. The molecule has 0 saturated carbocycles. The molecule has 0 spiro atoms. The Morgan fingerprint density at radius 3 is 2.38 bits per heavy atom. The van der Waals surface area contributed by atoms with Crippen LogP contribution in [0.3, 0.4) is 0 Å². The summed E-state index contributed by atoms with van der Waals surface area (Å²) in [5.41, 5.74) is 4.84. The van der Waals surface area contributed by atoms with E-state index in [2.05, 4.69) is 21.0 Å². The van der Waals surface area contributed by atoms with Crippen LogP contribution in [-0.2, 0) is 20.4 Å². The summed E-state index contributed by atoms with van der Waals surface area (Å²) in [6.45, 7) is 6.44. The average molecular weight is 471 g/mol. The Balaban J connectivity index is 0.00000249. The molecule has 1 aliphatic heterocycles. The quantitative estimate of drug-likeness (QED) is 0.539. The third-order valence-corrected chi connectivity index (χ3v) is 5.59. The van der Waals surface area contributed by atoms with E-state index in [1.54, 1.807) is 0 Å². The van der Waals surface area contributed by atoms with E-state index in [0.717, 1.165) is 4.90 Å². The van der Waals surface area contributed by atoms with Crippen molar-refractivity contribution in [2.75, 3.05) is 12.8 Å². The monoisotopic (exact) mass is 470 g/mol. The molecule has 1 aromatic rings. The summed E-state index contributed by atoms with van der Waals surface area (Å²) in [5, 5.41) is 0. The van der Waals surface area contributed by atoms with E-state index < -0.39 is 28.1 Å². The molecular formula is C21H28F2N4O4S. The lowest BCUT2D eigenvalue weighted by atomic mass is 9.83. The number of carbonyl (C=O) groups is 1. The Bertz CT molecular complexity index is 1010. The summed E-state index contributed by atoms with van der Waals surface area (Å²) in [6.07, 6.45) is 5.61. The predicted octanol–water partition coefficient (Wildman–Crippen LogP) is 2.86. The fourth-order valence-electron chi connectivity index (χ4n) is 2.68. The van der Waals surface area contributed by atoms with Crippen LogP contribution in [0, 0.1) is 0 Å². The lowest BCUT2D eigenvalue weighted by Gasteiger charge is -2.26. The number of aliphatic imine (C=N–C) groups is 1. The summed E-state index contributed by atoms with van der Waals surface area (Å²) >= 11 is 0. The number of alkyl halides is 2. The molecule has 0 saturated heterocycles. The molecule has 0 aromatic heterocycles. The van der Waals surface area contributed by atoms with E-state index in [1.807, 2.05) is 13.8 Å². The number of hydrogen-bond donors (Lipinski definition) is 2. The van der Waals surface area contributed by atoms with Crippen LogP contribution in [-0.4, -0.2) is 44.6 Å². The van der Waals surface area contributed by atoms with Gasteiger partial charge < -0.3 is 10.5 Å². The summed E-state index contributed by atoms with van der Waals surface area (Å²) in [4.78, 5) is 18.4. The van der Waals surface area contributed by atoms with Gasteiger partial charge in [-0.1, -0.05) is 44.7 Å². The first-order valence-electron chi connectivity index (χ1n) is 9.75. The van der Waals surface area contributed by atoms with Gasteiger partial charge in [-0.2, -0.15) is 8.78 Å². The number of nitrogens with zero attached hydrogens (tertiary/aromatic N) is 2. The number of sulfonamides is 1. The number of guanidine groups is 1. The van der Waals surface area contributed by atoms with Gasteiger partial charge in [0.2, 0.25) is 10.0 Å². The van der Waals surface area contributed by atoms with Crippen molar-refractivity contribution in [3.05, 3.63) is 66.4 Å². The Hall–Kier alpha value is -3.21. The summed E-state index contributed by atoms with van der Waals surface area (Å²) in [6, 6.07) is 5.43. The number of amides is 1. The van der Waals surface area contributed by atoms with Gasteiger partial charge in [0, 0.05) is 13.2 Å². The van der Waals surface area contributed by atoms with E-state index >= 15 is 0 Å². The Morgan fingerprint density at radius 1 is 1.31 bits per heavy atom. The lowest BCUT2D eigenvalue weighted by Crippen LogP contribution is -2.41. The average Bonchev–Trinajstić information content (AvgIpc) is 2.99. The Kier molecular flexibility index (Phi) is 9.57. The van der Waals surface area contributed by atoms with Crippen LogP contribution in [0.2, 0.25) is 0 Å². The second-order valence-corrected chi connectivity index (χ2v) is 8.25. The summed E-state index contributed by atoms with van der Waals surface area (Å²) in [5.74, 6) is -0.662. The van der Waals surface area contributed by atoms with Gasteiger partial charge in [0.1, 0.15) is 5.75 Å². The normalized spacial score (nSPS) is 18.7. The van der Waals surface area contributed by atoms with Gasteiger partial charge in [-0.3, -0.25) is 14.4 Å². The highest BCUT2D eigenvalue weighted by Gasteiger charge is 2.49. The molecule has 1 heterocycles. The van der Waals surface area contributed by atoms with E-state index in [4.69, 9.17) is 5.73 Å². The van der Waals surface area contributed by atoms with Crippen LogP contribution < -0.4 is 15.2 Å². The second-order valence-electron chi connectivity index (χ2n) is 6.21. The number of hydrogen-bond acceptors (Lipinski definition) is 6. The van der Waals surface area contributed by atoms with E-state index in [-0.39, 0.29) is 23.0 Å². The molecule has 0 fully saturated rings. The zero-order valence-corrected chi connectivity index (χ0v) is 19.2. The molecule has 1 aliphatic rings. The molecule has 0 bridgehead atoms. The van der Waals surface area contributed by atoms with Crippen molar-refractivity contribution in [2.24, 2.45) is 10.7 Å². The predicted molar refractivity (Wildman–Crippen MR) is 121 cm³/mol. The minimum Gasteiger partial charge on any atom is -0.435 e. The van der Waals surface area contributed by atoms with Crippen LogP contribution in [0.4, 0.5) is 8.78 Å². The van der Waals surface area contributed by atoms with E-state index in [9.17, 15) is 22.0 Å². The van der Waals surface area contributed by atoms with Crippen molar-refractivity contribution < 1.29 is 26.7 Å². The molecule has 3 N–H and O–H groups in total. The number of nitrogens with two attached hydrogens (primary N) is 1. The highest BCUT2D eigenvalue weighted by atomic mass is 32.2. The largest absolute Gasteiger partial charge is 0.435 e. The van der Waals surface area contributed by atoms with Crippen LogP contribution in [0.1, 0.15) is 26.3 Å². The molecule has 0 radical (unpaired) electrons. The number of likely N-dealkylation sites (N-methyl/N-ethyl adjacent to an activating group) is 1. The number of benzene rings is 1. The lowest BCUT2D eigenvalue weighted by molar-refractivity contribution is -0.129. The molecule has 8 nitrogen and oxygen atoms in total. The van der Waals surface area contributed by atoms with Crippen molar-refractivity contribution in [3.63, 3.8) is 0 Å². The zero-order chi connectivity index (χ0) is 24.5. The number of rotatable bonds is 9. The van der Waals surface area contributed by atoms with Crippen molar-refractivity contribution in [1.29, 1.82) is 0 Å². The highest BCUT2D eigenvalue weighted by molar-refractivity contribution is 7.89. The van der Waals surface area contributed by atoms with Gasteiger partial charge in [0.05, 0.1) is 5.75 Å². The third kappa shape index (κ3) is 6.16. The van der Waals surface area contributed by atoms with Crippen LogP contribution in [0.25, 0.3) is 0 Å². The second kappa shape index (κ2) is 11.4. The summed E-state index contributed by atoms with van der Waals surface area (Å²) in [7, 11) is -1.93. The minimum atomic E-state index is -3.38. The zero-order valence-electron chi connectivity index (χ0n) is 18.4. The number of nitrogens with one attached hydrogen (secondary N) is 1. The van der Waals surface area contributed by atoms with Crippen LogP contribution in [0.15, 0.2) is 65.8 Å². The summed E-state index contributed by atoms with van der Waals surface area (Å²) < 4.78 is 54.2. The standard InChI is InChI=1S/C19H22F2N4O4S.C2H6/c1-4-30(27,28)23-12-6-5-7-13(2)19(16(26)25(3)18(22)24-19)14-8-10-15(11-9-14)29-17(20)21;1-2/h5-12,17,23H,2,4H2,1,3H3,(H2,22,24);1-2H3/b7-5-,12-6+;. The van der Waals surface area contributed by atoms with Gasteiger partial charge in [0.15, 0.2) is 11.5 Å². The SMILES string of the molecule is C=C(/C=C\C=C\NS(=O)(=O)CC)C1(c2ccc(OC(F)F)cc2)N=C(N)N(C)C1=O.CC. The van der Waals surface area contributed by atoms with Gasteiger partial charge in [-0.15, -0.1) is 0 Å². The van der Waals surface area contributed by atoms with E-state index in [0.29, 0.717) is 5.56 Å². The van der Waals surface area contributed by atoms with Crippen molar-refractivity contribution in [3.8, 4) is 5.75 Å². The molecule has 11 heteroatoms. The van der Waals surface area contributed by atoms with Crippen LogP contribution >= 0.6 is 0 Å². The van der Waals surface area contributed by atoms with Gasteiger partial charge in [-0.05, 0) is 36.3 Å². The van der Waals surface area contributed by atoms with Gasteiger partial charge in [0.25, 0.3) is 5.91 Å². The molecule has 1 atom stereocenters. The maximum atomic E-state index is 13.0. The molecule has 1 aromatic carbocycles. The van der Waals surface area contributed by atoms with Crippen molar-refractivity contribution in [2.45, 2.75) is 32.9 Å². The number of ether oxygens (including phenoxy) is 1. The fourth-order valence-corrected chi connectivity index (χ4v) is 3.13. The first-order chi connectivity index (χ1) is 15.0. The topological polar surface area (TPSA) is 114 Å². The third-order valence-electron chi connectivity index (χ3n) is 4.33. The highest BCUT2D eigenvalue weighted by Crippen LogP contribution is 2.39. The minimum absolute atomic E-state index is 0.0336. The van der Waals surface area contributed by atoms with Gasteiger partial charge in [-0.25, -0.2) is 13.4 Å². The fraction of sp³-hybridized carbons (Fsp3) is 0.333. The first kappa shape index (κ1) is 26.8. The maximum Gasteiger partial charge on any atom is 0.387 e. The van der Waals surface area contributed by atoms with Crippen molar-refractivity contribution >= 4 is 21.9 Å². The molecule has 0 aliphatic carbocycles. The van der Waals surface area contributed by atoms with Crippen molar-refractivity contribution in [1.82, 2.24) is 9.62 Å². The Morgan fingerprint density at radius 2 is 1.91 bits per heavy atom. The molecule has 176 valence electrons. The van der Waals surface area contributed by atoms with Crippen LogP contribution in [0.5, 0.6) is 5.75 Å². The molecule has 2 rings (SSSR count). The Labute approximate surface area is 187 Å². The van der Waals surface area contributed by atoms with Gasteiger partial charge >= 0.3 is 6.61 Å². The number of allylic oxidation sites excluding steroid dienone is 2. The first-order valence-corrected chi connectivity index (χ1v) is 11.4. The number of halogens is 2. The molecule has 1 unspecified atom stereocenters. The molecular weight excluding hydrogens is 442 g/mol. The molecule has 32 heavy (non-hydrogen) atoms.